The fraction of sp³-hybridized carbons (Fsp3) is 0.524. The highest BCUT2D eigenvalue weighted by Crippen LogP contribution is 2.41. The molecule has 6 nitrogen and oxygen atoms in total. The van der Waals surface area contributed by atoms with Gasteiger partial charge in [-0.1, -0.05) is 18.6 Å². The maximum Gasteiger partial charge on any atom is 0.341 e. The minimum absolute atomic E-state index is 0.130. The number of benzene rings is 1. The van der Waals surface area contributed by atoms with Gasteiger partial charge in [0.25, 0.3) is 0 Å². The fourth-order valence-electron chi connectivity index (χ4n) is 3.43. The van der Waals surface area contributed by atoms with Crippen LogP contribution in [0.4, 0.5) is 5.69 Å². The summed E-state index contributed by atoms with van der Waals surface area (Å²) in [6.07, 6.45) is 3.03. The molecule has 1 unspecified atom stereocenters. The minimum atomic E-state index is -0.807. The molecule has 1 aromatic rings. The van der Waals surface area contributed by atoms with E-state index in [4.69, 9.17) is 14.6 Å². The van der Waals surface area contributed by atoms with E-state index in [1.165, 1.54) is 0 Å². The number of cyclic esters (lactones) is 1. The lowest BCUT2D eigenvalue weighted by Crippen LogP contribution is -2.16. The highest BCUT2D eigenvalue weighted by molar-refractivity contribution is 6.01. The molecule has 0 fully saturated rings. The summed E-state index contributed by atoms with van der Waals surface area (Å²) >= 11 is 0. The number of hydrogen-bond acceptors (Lipinski definition) is 5. The fourth-order valence-corrected chi connectivity index (χ4v) is 3.43. The van der Waals surface area contributed by atoms with E-state index in [0.29, 0.717) is 18.4 Å². The van der Waals surface area contributed by atoms with Crippen LogP contribution in [-0.2, 0) is 22.6 Å². The molecule has 1 aliphatic heterocycles. The summed E-state index contributed by atoms with van der Waals surface area (Å²) in [4.78, 5) is 23.4. The Morgan fingerprint density at radius 3 is 2.59 bits per heavy atom. The lowest BCUT2D eigenvalue weighted by molar-refractivity contribution is -0.141. The molecule has 0 bridgehead atoms. The third-order valence-electron chi connectivity index (χ3n) is 4.81. The van der Waals surface area contributed by atoms with Crippen LogP contribution in [0.5, 0.6) is 5.75 Å². The summed E-state index contributed by atoms with van der Waals surface area (Å²) < 4.78 is 11.0. The molecule has 0 saturated heterocycles. The van der Waals surface area contributed by atoms with E-state index in [1.54, 1.807) is 14.0 Å². The van der Waals surface area contributed by atoms with Crippen molar-refractivity contribution in [1.29, 1.82) is 0 Å². The Morgan fingerprint density at radius 2 is 2.04 bits per heavy atom. The number of fused-ring (bicyclic) bond motifs is 1. The molecule has 0 spiro atoms. The van der Waals surface area contributed by atoms with Crippen LogP contribution in [0.1, 0.15) is 61.2 Å². The molecule has 0 saturated carbocycles. The zero-order valence-corrected chi connectivity index (χ0v) is 16.9. The van der Waals surface area contributed by atoms with Gasteiger partial charge in [0.1, 0.15) is 12.4 Å². The molecule has 148 valence electrons. The van der Waals surface area contributed by atoms with E-state index < -0.39 is 11.9 Å². The van der Waals surface area contributed by atoms with E-state index in [9.17, 15) is 9.59 Å². The number of aliphatic carboxylic acids is 1. The van der Waals surface area contributed by atoms with Crippen LogP contribution in [0.25, 0.3) is 0 Å². The predicted molar refractivity (Wildman–Crippen MR) is 104 cm³/mol. The van der Waals surface area contributed by atoms with Crippen molar-refractivity contribution in [1.82, 2.24) is 0 Å². The molecule has 1 aromatic carbocycles. The van der Waals surface area contributed by atoms with Gasteiger partial charge in [0, 0.05) is 17.2 Å². The SMILES string of the molecule is COc1c(C)c2c(c(NC(C)C)c1CC=C(C)CC(C)C(=O)O)C(=O)OC2. The van der Waals surface area contributed by atoms with E-state index in [2.05, 4.69) is 5.32 Å². The van der Waals surface area contributed by atoms with Crippen molar-refractivity contribution in [2.45, 2.75) is 60.1 Å². The number of carbonyl (C=O) groups is 2. The van der Waals surface area contributed by atoms with E-state index in [0.717, 1.165) is 33.7 Å². The van der Waals surface area contributed by atoms with Gasteiger partial charge in [-0.3, -0.25) is 4.79 Å². The van der Waals surface area contributed by atoms with Gasteiger partial charge < -0.3 is 19.9 Å². The second kappa shape index (κ2) is 8.46. The van der Waals surface area contributed by atoms with Gasteiger partial charge in [-0.2, -0.15) is 0 Å². The van der Waals surface area contributed by atoms with E-state index in [1.807, 2.05) is 33.8 Å². The topological polar surface area (TPSA) is 84.9 Å². The minimum Gasteiger partial charge on any atom is -0.496 e. The number of anilines is 1. The Kier molecular flexibility index (Phi) is 6.52. The standard InChI is InChI=1S/C21H29NO5/c1-11(2)22-18-15(8-7-12(3)9-13(4)20(23)24)19(26-6)14(5)16-10-27-21(25)17(16)18/h7,11,13,22H,8-10H2,1-6H3,(H,23,24). The zero-order valence-electron chi connectivity index (χ0n) is 16.9. The molecule has 6 heteroatoms. The molecule has 0 amide bonds. The summed E-state index contributed by atoms with van der Waals surface area (Å²) in [7, 11) is 1.62. The second-order valence-electron chi connectivity index (χ2n) is 7.44. The lowest BCUT2D eigenvalue weighted by atomic mass is 9.92. The summed E-state index contributed by atoms with van der Waals surface area (Å²) in [5.41, 5.74) is 4.99. The lowest BCUT2D eigenvalue weighted by Gasteiger charge is -2.22. The molecule has 2 N–H and O–H groups in total. The van der Waals surface area contributed by atoms with Gasteiger partial charge in [0.05, 0.1) is 24.3 Å². The van der Waals surface area contributed by atoms with E-state index in [-0.39, 0.29) is 18.6 Å². The van der Waals surface area contributed by atoms with Crippen LogP contribution in [0.3, 0.4) is 0 Å². The molecule has 1 aliphatic rings. The number of carboxylic acid groups (broad SMARTS) is 1. The number of carboxylic acids is 1. The average molecular weight is 375 g/mol. The van der Waals surface area contributed by atoms with Crippen molar-refractivity contribution >= 4 is 17.6 Å². The van der Waals surface area contributed by atoms with Gasteiger partial charge in [-0.25, -0.2) is 4.79 Å². The Bertz CT molecular complexity index is 780. The number of ether oxygens (including phenoxy) is 2. The summed E-state index contributed by atoms with van der Waals surface area (Å²) in [5.74, 6) is -0.822. The maximum absolute atomic E-state index is 12.3. The Morgan fingerprint density at radius 1 is 1.37 bits per heavy atom. The van der Waals surface area contributed by atoms with E-state index >= 15 is 0 Å². The average Bonchev–Trinajstić information content (AvgIpc) is 2.97. The molecule has 0 aromatic heterocycles. The molecule has 1 heterocycles. The van der Waals surface area contributed by atoms with Gasteiger partial charge in [0.2, 0.25) is 0 Å². The first kappa shape index (κ1) is 20.8. The van der Waals surface area contributed by atoms with Gasteiger partial charge >= 0.3 is 11.9 Å². The number of esters is 1. The highest BCUT2D eigenvalue weighted by atomic mass is 16.5. The molecule has 0 aliphatic carbocycles. The Balaban J connectivity index is 2.50. The Labute approximate surface area is 160 Å². The summed E-state index contributed by atoms with van der Waals surface area (Å²) in [6, 6.07) is 0.130. The third-order valence-corrected chi connectivity index (χ3v) is 4.81. The quantitative estimate of drug-likeness (QED) is 0.526. The van der Waals surface area contributed by atoms with Crippen LogP contribution in [-0.4, -0.2) is 30.2 Å². The molecule has 0 radical (unpaired) electrons. The van der Waals surface area contributed by atoms with Gasteiger partial charge in [-0.15, -0.1) is 0 Å². The summed E-state index contributed by atoms with van der Waals surface area (Å²) in [6.45, 7) is 9.84. The number of methoxy groups -OCH3 is 1. The predicted octanol–water partition coefficient (Wildman–Crippen LogP) is 4.09. The molecular formula is C21H29NO5. The van der Waals surface area contributed by atoms with Crippen LogP contribution in [0, 0.1) is 12.8 Å². The van der Waals surface area contributed by atoms with Crippen molar-refractivity contribution in [3.63, 3.8) is 0 Å². The van der Waals surface area contributed by atoms with Crippen LogP contribution in [0.2, 0.25) is 0 Å². The van der Waals surface area contributed by atoms with Crippen LogP contribution in [0.15, 0.2) is 11.6 Å². The molecule has 1 atom stereocenters. The molecular weight excluding hydrogens is 346 g/mol. The van der Waals surface area contributed by atoms with Gasteiger partial charge in [-0.05, 0) is 46.1 Å². The van der Waals surface area contributed by atoms with Crippen molar-refractivity contribution in [3.8, 4) is 5.75 Å². The summed E-state index contributed by atoms with van der Waals surface area (Å²) in [5, 5.41) is 12.5. The van der Waals surface area contributed by atoms with Crippen molar-refractivity contribution in [2.75, 3.05) is 12.4 Å². The zero-order chi connectivity index (χ0) is 20.3. The smallest absolute Gasteiger partial charge is 0.341 e. The Hall–Kier alpha value is -2.50. The van der Waals surface area contributed by atoms with Crippen molar-refractivity contribution in [2.24, 2.45) is 5.92 Å². The number of rotatable bonds is 8. The van der Waals surface area contributed by atoms with Crippen molar-refractivity contribution in [3.05, 3.63) is 33.9 Å². The largest absolute Gasteiger partial charge is 0.496 e. The number of nitrogens with one attached hydrogen (secondary N) is 1. The molecule has 27 heavy (non-hydrogen) atoms. The first-order valence-electron chi connectivity index (χ1n) is 9.21. The highest BCUT2D eigenvalue weighted by Gasteiger charge is 2.32. The second-order valence-corrected chi connectivity index (χ2v) is 7.44. The normalized spacial score (nSPS) is 14.8. The number of allylic oxidation sites excluding steroid dienone is 2. The number of carbonyl (C=O) groups excluding carboxylic acids is 1. The number of hydrogen-bond donors (Lipinski definition) is 2. The first-order chi connectivity index (χ1) is 12.7. The van der Waals surface area contributed by atoms with Crippen LogP contribution < -0.4 is 10.1 Å². The third kappa shape index (κ3) is 4.43. The molecule has 2 rings (SSSR count). The van der Waals surface area contributed by atoms with Crippen LogP contribution >= 0.6 is 0 Å². The van der Waals surface area contributed by atoms with Gasteiger partial charge in [0.15, 0.2) is 0 Å². The maximum atomic E-state index is 12.3. The van der Waals surface area contributed by atoms with Crippen molar-refractivity contribution < 1.29 is 24.2 Å². The first-order valence-corrected chi connectivity index (χ1v) is 9.21. The monoisotopic (exact) mass is 375 g/mol.